The molecule has 1 aromatic rings. The van der Waals surface area contributed by atoms with Crippen LogP contribution in [0.4, 0.5) is 5.69 Å². The van der Waals surface area contributed by atoms with Crippen LogP contribution in [0.1, 0.15) is 45.3 Å². The predicted molar refractivity (Wildman–Crippen MR) is 72.0 cm³/mol. The molecular weight excluding hydrogens is 210 g/mol. The molecule has 2 rings (SSSR count). The molecule has 0 aromatic carbocycles. The van der Waals surface area contributed by atoms with Gasteiger partial charge < -0.3 is 10.6 Å². The van der Waals surface area contributed by atoms with Gasteiger partial charge in [0, 0.05) is 18.6 Å². The molecule has 0 radical (unpaired) electrons. The molecule has 0 spiro atoms. The molecular formula is C14H23N3. The lowest BCUT2D eigenvalue weighted by molar-refractivity contribution is 0.642. The number of nitrogens with zero attached hydrogens (tertiary/aromatic N) is 2. The van der Waals surface area contributed by atoms with Crippen molar-refractivity contribution < 1.29 is 0 Å². The maximum Gasteiger partial charge on any atom is 0.0569 e. The molecule has 1 atom stereocenters. The van der Waals surface area contributed by atoms with Crippen LogP contribution in [-0.4, -0.2) is 17.6 Å². The molecule has 1 aliphatic carbocycles. The van der Waals surface area contributed by atoms with Gasteiger partial charge in [-0.3, -0.25) is 4.98 Å². The molecule has 0 amide bonds. The van der Waals surface area contributed by atoms with Crippen molar-refractivity contribution in [3.05, 3.63) is 24.0 Å². The Kier molecular flexibility index (Phi) is 3.67. The fraction of sp³-hybridized carbons (Fsp3) is 0.643. The number of anilines is 1. The van der Waals surface area contributed by atoms with Gasteiger partial charge in [-0.1, -0.05) is 0 Å². The summed E-state index contributed by atoms with van der Waals surface area (Å²) in [5.41, 5.74) is 8.00. The van der Waals surface area contributed by atoms with Crippen molar-refractivity contribution in [2.75, 3.05) is 11.4 Å². The Morgan fingerprint density at radius 3 is 2.47 bits per heavy atom. The summed E-state index contributed by atoms with van der Waals surface area (Å²) < 4.78 is 0. The maximum atomic E-state index is 5.81. The minimum Gasteiger partial charge on any atom is -0.368 e. The molecule has 2 N–H and O–H groups in total. The van der Waals surface area contributed by atoms with Gasteiger partial charge in [-0.15, -0.1) is 0 Å². The van der Waals surface area contributed by atoms with E-state index in [2.05, 4.69) is 29.8 Å². The molecule has 0 aliphatic heterocycles. The van der Waals surface area contributed by atoms with Gasteiger partial charge in [-0.2, -0.15) is 0 Å². The van der Waals surface area contributed by atoms with Gasteiger partial charge in [0.05, 0.1) is 17.6 Å². The van der Waals surface area contributed by atoms with Gasteiger partial charge in [-0.05, 0) is 51.7 Å². The highest BCUT2D eigenvalue weighted by Gasteiger charge is 2.25. The standard InChI is InChI=1S/C14H23N3/c1-10(2)17(9-12-4-5-12)13-6-7-14(11(3)15)16-8-13/h6-8,10-12H,4-5,9,15H2,1-3H3. The van der Waals surface area contributed by atoms with Crippen LogP contribution in [0.15, 0.2) is 18.3 Å². The highest BCUT2D eigenvalue weighted by atomic mass is 15.2. The highest BCUT2D eigenvalue weighted by Crippen LogP contribution is 2.32. The summed E-state index contributed by atoms with van der Waals surface area (Å²) in [6.45, 7) is 7.60. The Labute approximate surface area is 104 Å². The first-order valence-corrected chi connectivity index (χ1v) is 6.56. The Balaban J connectivity index is 2.11. The Hall–Kier alpha value is -1.09. The van der Waals surface area contributed by atoms with E-state index in [4.69, 9.17) is 5.73 Å². The Morgan fingerprint density at radius 1 is 1.35 bits per heavy atom. The second-order valence-corrected chi connectivity index (χ2v) is 5.42. The topological polar surface area (TPSA) is 42.1 Å². The summed E-state index contributed by atoms with van der Waals surface area (Å²) in [6, 6.07) is 4.73. The molecule has 1 aromatic heterocycles. The largest absolute Gasteiger partial charge is 0.368 e. The zero-order valence-corrected chi connectivity index (χ0v) is 11.1. The highest BCUT2D eigenvalue weighted by molar-refractivity contribution is 5.46. The second kappa shape index (κ2) is 5.05. The predicted octanol–water partition coefficient (Wildman–Crippen LogP) is 2.73. The number of pyridine rings is 1. The van der Waals surface area contributed by atoms with E-state index in [0.29, 0.717) is 6.04 Å². The van der Waals surface area contributed by atoms with Crippen LogP contribution in [0.2, 0.25) is 0 Å². The first kappa shape index (κ1) is 12.4. The lowest BCUT2D eigenvalue weighted by atomic mass is 10.2. The average Bonchev–Trinajstić information content (AvgIpc) is 3.09. The number of hydrogen-bond donors (Lipinski definition) is 1. The molecule has 3 heteroatoms. The van der Waals surface area contributed by atoms with Gasteiger partial charge in [0.1, 0.15) is 0 Å². The first-order valence-electron chi connectivity index (χ1n) is 6.56. The third kappa shape index (κ3) is 3.19. The van der Waals surface area contributed by atoms with Crippen molar-refractivity contribution in [1.29, 1.82) is 0 Å². The van der Waals surface area contributed by atoms with E-state index in [0.717, 1.165) is 18.2 Å². The molecule has 0 bridgehead atoms. The molecule has 1 fully saturated rings. The first-order chi connectivity index (χ1) is 8.08. The quantitative estimate of drug-likeness (QED) is 0.850. The summed E-state index contributed by atoms with van der Waals surface area (Å²) >= 11 is 0. The molecule has 3 nitrogen and oxygen atoms in total. The van der Waals surface area contributed by atoms with E-state index in [9.17, 15) is 0 Å². The monoisotopic (exact) mass is 233 g/mol. The number of hydrogen-bond acceptors (Lipinski definition) is 3. The SMILES string of the molecule is CC(N)c1ccc(N(CC2CC2)C(C)C)cn1. The van der Waals surface area contributed by atoms with Gasteiger partial charge in [0.15, 0.2) is 0 Å². The molecule has 0 saturated heterocycles. The maximum absolute atomic E-state index is 5.81. The van der Waals surface area contributed by atoms with Crippen molar-refractivity contribution >= 4 is 5.69 Å². The molecule has 94 valence electrons. The molecule has 1 unspecified atom stereocenters. The molecule has 1 aliphatic rings. The normalized spacial score (nSPS) is 17.2. The van der Waals surface area contributed by atoms with Gasteiger partial charge in [0.25, 0.3) is 0 Å². The van der Waals surface area contributed by atoms with Gasteiger partial charge in [0.2, 0.25) is 0 Å². The number of aromatic nitrogens is 1. The van der Waals surface area contributed by atoms with Crippen LogP contribution < -0.4 is 10.6 Å². The van der Waals surface area contributed by atoms with Crippen LogP contribution in [0.25, 0.3) is 0 Å². The third-order valence-corrected chi connectivity index (χ3v) is 3.34. The Morgan fingerprint density at radius 2 is 2.06 bits per heavy atom. The molecule has 17 heavy (non-hydrogen) atoms. The average molecular weight is 233 g/mol. The molecule has 1 saturated carbocycles. The molecule has 1 heterocycles. The van der Waals surface area contributed by atoms with Crippen LogP contribution >= 0.6 is 0 Å². The van der Waals surface area contributed by atoms with Crippen molar-refractivity contribution in [3.8, 4) is 0 Å². The summed E-state index contributed by atoms with van der Waals surface area (Å²) in [4.78, 5) is 6.88. The lowest BCUT2D eigenvalue weighted by Crippen LogP contribution is -2.32. The van der Waals surface area contributed by atoms with E-state index < -0.39 is 0 Å². The van der Waals surface area contributed by atoms with Crippen LogP contribution in [0.5, 0.6) is 0 Å². The van der Waals surface area contributed by atoms with E-state index in [1.807, 2.05) is 19.2 Å². The minimum absolute atomic E-state index is 0.0139. The fourth-order valence-electron chi connectivity index (χ4n) is 2.03. The zero-order valence-electron chi connectivity index (χ0n) is 11.1. The summed E-state index contributed by atoms with van der Waals surface area (Å²) in [7, 11) is 0. The van der Waals surface area contributed by atoms with E-state index in [-0.39, 0.29) is 6.04 Å². The van der Waals surface area contributed by atoms with Gasteiger partial charge in [-0.25, -0.2) is 0 Å². The number of rotatable bonds is 5. The number of nitrogens with two attached hydrogens (primary N) is 1. The summed E-state index contributed by atoms with van der Waals surface area (Å²) in [5, 5.41) is 0. The van der Waals surface area contributed by atoms with E-state index in [1.54, 1.807) is 0 Å². The van der Waals surface area contributed by atoms with Crippen molar-refractivity contribution in [2.24, 2.45) is 11.7 Å². The van der Waals surface area contributed by atoms with Crippen LogP contribution in [0.3, 0.4) is 0 Å². The van der Waals surface area contributed by atoms with Gasteiger partial charge >= 0.3 is 0 Å². The van der Waals surface area contributed by atoms with Crippen LogP contribution in [-0.2, 0) is 0 Å². The van der Waals surface area contributed by atoms with Crippen LogP contribution in [0, 0.1) is 5.92 Å². The lowest BCUT2D eigenvalue weighted by Gasteiger charge is -2.29. The second-order valence-electron chi connectivity index (χ2n) is 5.42. The van der Waals surface area contributed by atoms with Crippen molar-refractivity contribution in [3.63, 3.8) is 0 Å². The van der Waals surface area contributed by atoms with Crippen molar-refractivity contribution in [1.82, 2.24) is 4.98 Å². The summed E-state index contributed by atoms with van der Waals surface area (Å²) in [6.07, 6.45) is 4.73. The zero-order chi connectivity index (χ0) is 12.4. The van der Waals surface area contributed by atoms with E-state index in [1.165, 1.54) is 18.5 Å². The van der Waals surface area contributed by atoms with Crippen molar-refractivity contribution in [2.45, 2.75) is 45.7 Å². The van der Waals surface area contributed by atoms with E-state index >= 15 is 0 Å². The summed E-state index contributed by atoms with van der Waals surface area (Å²) in [5.74, 6) is 0.894. The minimum atomic E-state index is 0.0139. The Bertz CT molecular complexity index is 352. The fourth-order valence-corrected chi connectivity index (χ4v) is 2.03. The third-order valence-electron chi connectivity index (χ3n) is 3.34. The smallest absolute Gasteiger partial charge is 0.0569 e.